The summed E-state index contributed by atoms with van der Waals surface area (Å²) in [6, 6.07) is 12.6. The van der Waals surface area contributed by atoms with E-state index in [1.165, 1.54) is 6.08 Å². The number of methoxy groups -OCH3 is 1. The number of nitrogens with zero attached hydrogens (tertiary/aromatic N) is 2. The lowest BCUT2D eigenvalue weighted by Gasteiger charge is -2.32. The van der Waals surface area contributed by atoms with Crippen molar-refractivity contribution in [3.8, 4) is 5.88 Å². The highest BCUT2D eigenvalue weighted by Crippen LogP contribution is 2.29. The van der Waals surface area contributed by atoms with E-state index in [2.05, 4.69) is 4.98 Å². The average Bonchev–Trinajstić information content (AvgIpc) is 2.64. The molecule has 2 heterocycles. The highest BCUT2D eigenvalue weighted by molar-refractivity contribution is 5.98. The lowest BCUT2D eigenvalue weighted by Crippen LogP contribution is -2.33. The number of Topliss-reactive ketones (excluding diaryl/α,β-unsaturated/α-hetero) is 1. The van der Waals surface area contributed by atoms with E-state index in [-0.39, 0.29) is 24.2 Å². The van der Waals surface area contributed by atoms with Gasteiger partial charge in [-0.25, -0.2) is 4.98 Å². The second kappa shape index (κ2) is 7.08. The zero-order chi connectivity index (χ0) is 16.9. The Bertz CT molecular complexity index is 771. The van der Waals surface area contributed by atoms with E-state index in [0.29, 0.717) is 17.9 Å². The summed E-state index contributed by atoms with van der Waals surface area (Å²) >= 11 is 0. The molecule has 5 nitrogen and oxygen atoms in total. The first-order valence-electron chi connectivity index (χ1n) is 7.72. The quantitative estimate of drug-likeness (QED) is 0.792. The molecule has 5 heteroatoms. The van der Waals surface area contributed by atoms with Crippen LogP contribution in [0.5, 0.6) is 5.88 Å². The van der Waals surface area contributed by atoms with Crippen molar-refractivity contribution in [2.75, 3.05) is 13.7 Å². The Labute approximate surface area is 140 Å². The van der Waals surface area contributed by atoms with E-state index in [9.17, 15) is 9.59 Å². The predicted molar refractivity (Wildman–Crippen MR) is 89.8 cm³/mol. The van der Waals surface area contributed by atoms with Gasteiger partial charge in [0.15, 0.2) is 11.6 Å². The molecule has 0 fully saturated rings. The lowest BCUT2D eigenvalue weighted by molar-refractivity contribution is -0.116. The molecular weight excluding hydrogens is 304 g/mol. The molecule has 1 aliphatic heterocycles. The first kappa shape index (κ1) is 15.9. The van der Waals surface area contributed by atoms with Gasteiger partial charge in [-0.1, -0.05) is 30.3 Å². The molecular formula is C19H18N2O3. The van der Waals surface area contributed by atoms with Gasteiger partial charge in [0.05, 0.1) is 19.7 Å². The number of benzene rings is 1. The second-order valence-corrected chi connectivity index (χ2v) is 5.60. The van der Waals surface area contributed by atoms with Crippen LogP contribution in [0, 0.1) is 0 Å². The highest BCUT2D eigenvalue weighted by Gasteiger charge is 2.26. The van der Waals surface area contributed by atoms with Gasteiger partial charge < -0.3 is 9.64 Å². The van der Waals surface area contributed by atoms with Crippen molar-refractivity contribution in [2.45, 2.75) is 12.5 Å². The predicted octanol–water partition coefficient (Wildman–Crippen LogP) is 2.80. The largest absolute Gasteiger partial charge is 0.481 e. The fourth-order valence-electron chi connectivity index (χ4n) is 2.76. The summed E-state index contributed by atoms with van der Waals surface area (Å²) < 4.78 is 5.16. The Morgan fingerprint density at radius 3 is 2.83 bits per heavy atom. The maximum atomic E-state index is 12.5. The van der Waals surface area contributed by atoms with Gasteiger partial charge in [-0.05, 0) is 17.7 Å². The Kier molecular flexibility index (Phi) is 4.70. The molecule has 3 rings (SSSR count). The molecule has 0 radical (unpaired) electrons. The van der Waals surface area contributed by atoms with Crippen LogP contribution in [0.2, 0.25) is 0 Å². The van der Waals surface area contributed by atoms with E-state index < -0.39 is 0 Å². The van der Waals surface area contributed by atoms with Crippen molar-refractivity contribution >= 4 is 11.6 Å². The number of ether oxygens (including phenoxy) is 1. The average molecular weight is 322 g/mol. The molecule has 1 unspecified atom stereocenters. The third-order valence-corrected chi connectivity index (χ3v) is 4.02. The fourth-order valence-corrected chi connectivity index (χ4v) is 2.76. The number of hydrogen-bond donors (Lipinski definition) is 0. The maximum Gasteiger partial charge on any atom is 0.213 e. The SMILES string of the molecule is COc1cc(C2CC(=O)C=CN2CC(=O)c2ccccc2)ccn1. The van der Waals surface area contributed by atoms with Gasteiger partial charge in [-0.15, -0.1) is 0 Å². The van der Waals surface area contributed by atoms with Gasteiger partial charge in [0, 0.05) is 30.4 Å². The van der Waals surface area contributed by atoms with Crippen LogP contribution in [0.3, 0.4) is 0 Å². The fraction of sp³-hybridized carbons (Fsp3) is 0.211. The van der Waals surface area contributed by atoms with Crippen molar-refractivity contribution in [1.82, 2.24) is 9.88 Å². The zero-order valence-corrected chi connectivity index (χ0v) is 13.4. The van der Waals surface area contributed by atoms with E-state index >= 15 is 0 Å². The summed E-state index contributed by atoms with van der Waals surface area (Å²) in [4.78, 5) is 30.3. The lowest BCUT2D eigenvalue weighted by atomic mass is 9.97. The number of aromatic nitrogens is 1. The number of carbonyl (C=O) groups is 2. The van der Waals surface area contributed by atoms with Crippen LogP contribution in [-0.4, -0.2) is 35.1 Å². The minimum atomic E-state index is -0.202. The van der Waals surface area contributed by atoms with Crippen molar-refractivity contribution < 1.29 is 14.3 Å². The zero-order valence-electron chi connectivity index (χ0n) is 13.4. The molecule has 0 bridgehead atoms. The third kappa shape index (κ3) is 3.51. The van der Waals surface area contributed by atoms with E-state index in [1.54, 1.807) is 37.7 Å². The molecule has 122 valence electrons. The van der Waals surface area contributed by atoms with Gasteiger partial charge >= 0.3 is 0 Å². The Morgan fingerprint density at radius 1 is 1.29 bits per heavy atom. The first-order valence-corrected chi connectivity index (χ1v) is 7.72. The van der Waals surface area contributed by atoms with E-state index in [4.69, 9.17) is 4.74 Å². The molecule has 1 aromatic heterocycles. The summed E-state index contributed by atoms with van der Waals surface area (Å²) in [5.41, 5.74) is 1.56. The minimum absolute atomic E-state index is 0.0145. The molecule has 1 aromatic carbocycles. The van der Waals surface area contributed by atoms with Gasteiger partial charge in [-0.3, -0.25) is 9.59 Å². The molecule has 0 N–H and O–H groups in total. The molecule has 0 saturated carbocycles. The van der Waals surface area contributed by atoms with Gasteiger partial charge in [-0.2, -0.15) is 0 Å². The van der Waals surface area contributed by atoms with Crippen molar-refractivity contribution in [3.63, 3.8) is 0 Å². The van der Waals surface area contributed by atoms with Crippen LogP contribution in [0.4, 0.5) is 0 Å². The number of carbonyl (C=O) groups excluding carboxylic acids is 2. The maximum absolute atomic E-state index is 12.5. The normalized spacial score (nSPS) is 17.0. The number of allylic oxidation sites excluding steroid dienone is 1. The molecule has 0 saturated heterocycles. The standard InChI is InChI=1S/C19H18N2O3/c1-24-19-11-15(7-9-20-19)17-12-16(22)8-10-21(17)13-18(23)14-5-3-2-4-6-14/h2-11,17H,12-13H2,1H3. The van der Waals surface area contributed by atoms with Crippen LogP contribution in [0.25, 0.3) is 0 Å². The molecule has 0 amide bonds. The number of ketones is 2. The van der Waals surface area contributed by atoms with Gasteiger partial charge in [0.1, 0.15) is 0 Å². The van der Waals surface area contributed by atoms with Crippen molar-refractivity contribution in [2.24, 2.45) is 0 Å². The number of rotatable bonds is 5. The molecule has 2 aromatic rings. The Hall–Kier alpha value is -2.95. The van der Waals surface area contributed by atoms with Crippen LogP contribution >= 0.6 is 0 Å². The molecule has 24 heavy (non-hydrogen) atoms. The first-order chi connectivity index (χ1) is 11.7. The molecule has 1 atom stereocenters. The van der Waals surface area contributed by atoms with E-state index in [0.717, 1.165) is 5.56 Å². The van der Waals surface area contributed by atoms with Gasteiger partial charge in [0.2, 0.25) is 5.88 Å². The third-order valence-electron chi connectivity index (χ3n) is 4.02. The summed E-state index contributed by atoms with van der Waals surface area (Å²) in [7, 11) is 1.55. The molecule has 0 spiro atoms. The summed E-state index contributed by atoms with van der Waals surface area (Å²) in [6.45, 7) is 0.211. The van der Waals surface area contributed by atoms with Crippen LogP contribution in [0.15, 0.2) is 60.9 Å². The molecule has 0 aliphatic carbocycles. The minimum Gasteiger partial charge on any atom is -0.481 e. The smallest absolute Gasteiger partial charge is 0.213 e. The summed E-state index contributed by atoms with van der Waals surface area (Å²) in [5, 5.41) is 0. The number of hydrogen-bond acceptors (Lipinski definition) is 5. The monoisotopic (exact) mass is 322 g/mol. The number of pyridine rings is 1. The topological polar surface area (TPSA) is 59.5 Å². The van der Waals surface area contributed by atoms with E-state index in [1.807, 2.05) is 29.2 Å². The van der Waals surface area contributed by atoms with Gasteiger partial charge in [0.25, 0.3) is 0 Å². The van der Waals surface area contributed by atoms with Crippen LogP contribution in [-0.2, 0) is 4.79 Å². The summed E-state index contributed by atoms with van der Waals surface area (Å²) in [5.74, 6) is 0.545. The van der Waals surface area contributed by atoms with Crippen molar-refractivity contribution in [3.05, 3.63) is 72.1 Å². The highest BCUT2D eigenvalue weighted by atomic mass is 16.5. The summed E-state index contributed by atoms with van der Waals surface area (Å²) in [6.07, 6.45) is 5.19. The molecule has 1 aliphatic rings. The van der Waals surface area contributed by atoms with Crippen LogP contribution in [0.1, 0.15) is 28.4 Å². The van der Waals surface area contributed by atoms with Crippen molar-refractivity contribution in [1.29, 1.82) is 0 Å². The Balaban J connectivity index is 1.85. The second-order valence-electron chi connectivity index (χ2n) is 5.60. The Morgan fingerprint density at radius 2 is 2.08 bits per heavy atom. The van der Waals surface area contributed by atoms with Crippen LogP contribution < -0.4 is 4.74 Å².